The summed E-state index contributed by atoms with van der Waals surface area (Å²) in [5, 5.41) is 10.5. The minimum atomic E-state index is -1.01. The van der Waals surface area contributed by atoms with Crippen LogP contribution in [0.25, 0.3) is 0 Å². The molecule has 0 bridgehead atoms. The van der Waals surface area contributed by atoms with Crippen LogP contribution < -0.4 is 37.5 Å². The average Bonchev–Trinajstić information content (AvgIpc) is 2.92. The van der Waals surface area contributed by atoms with Crippen molar-refractivity contribution in [1.82, 2.24) is 16.0 Å². The molecule has 0 radical (unpaired) electrons. The highest BCUT2D eigenvalue weighted by Crippen LogP contribution is 2.16. The van der Waals surface area contributed by atoms with Crippen LogP contribution in [0.5, 0.6) is 5.75 Å². The van der Waals surface area contributed by atoms with Gasteiger partial charge in [0.05, 0.1) is 0 Å². The molecule has 14 heteroatoms. The molecule has 2 aromatic rings. The van der Waals surface area contributed by atoms with E-state index in [1.54, 1.807) is 83.1 Å². The minimum absolute atomic E-state index is 0.0746. The van der Waals surface area contributed by atoms with Gasteiger partial charge in [-0.05, 0) is 81.5 Å². The Labute approximate surface area is 256 Å². The summed E-state index contributed by atoms with van der Waals surface area (Å²) in [5.41, 5.74) is 11.5. The van der Waals surface area contributed by atoms with Gasteiger partial charge in [0.1, 0.15) is 30.0 Å². The molecule has 0 aliphatic carbocycles. The highest BCUT2D eigenvalue weighted by atomic mass is 16.7. The molecular formula is C30H42N6O8. The number of nitrogens with one attached hydrogen (secondary N) is 4. The number of nitrogen functional groups attached to an aromatic ring is 1. The van der Waals surface area contributed by atoms with Crippen molar-refractivity contribution in [3.63, 3.8) is 0 Å². The molecule has 44 heavy (non-hydrogen) atoms. The van der Waals surface area contributed by atoms with E-state index in [1.165, 1.54) is 0 Å². The second-order valence-electron chi connectivity index (χ2n) is 11.3. The molecule has 8 N–H and O–H groups in total. The third kappa shape index (κ3) is 13.3. The van der Waals surface area contributed by atoms with Crippen molar-refractivity contribution in [2.24, 2.45) is 11.7 Å². The minimum Gasteiger partial charge on any atom is -0.444 e. The molecule has 0 saturated heterocycles. The van der Waals surface area contributed by atoms with Crippen molar-refractivity contribution < 1.29 is 38.2 Å². The Morgan fingerprint density at radius 2 is 1.52 bits per heavy atom. The first-order chi connectivity index (χ1) is 20.6. The second kappa shape index (κ2) is 16.6. The van der Waals surface area contributed by atoms with E-state index in [-0.39, 0.29) is 31.2 Å². The number of carbonyl (C=O) groups excluding carboxylic acids is 5. The molecule has 2 atom stereocenters. The largest absolute Gasteiger partial charge is 0.514 e. The fourth-order valence-corrected chi connectivity index (χ4v) is 3.74. The van der Waals surface area contributed by atoms with Crippen molar-refractivity contribution in [1.29, 1.82) is 0 Å². The van der Waals surface area contributed by atoms with Crippen LogP contribution in [0.4, 0.5) is 25.8 Å². The standard InChI is InChI=1S/C30H42N6O8/c1-18(2)24(36-28(40)44-30(3,4)5)26(38)35-23(7-6-16-33-27(32)39)25(37)34-21-12-8-19(9-13-21)17-42-29(41)43-22-14-10-20(31)11-15-22/h8-15,18,23-24H,6-7,16-17,31H2,1-5H3,(H,34,37)(H,35,38)(H,36,40)(H3,32,33,39). The normalized spacial score (nSPS) is 12.3. The lowest BCUT2D eigenvalue weighted by Gasteiger charge is -2.27. The van der Waals surface area contributed by atoms with Gasteiger partial charge in [0.25, 0.3) is 0 Å². The molecule has 0 aromatic heterocycles. The summed E-state index contributed by atoms with van der Waals surface area (Å²) in [5.74, 6) is -1.13. The van der Waals surface area contributed by atoms with Gasteiger partial charge in [0.2, 0.25) is 11.8 Å². The van der Waals surface area contributed by atoms with Gasteiger partial charge in [-0.3, -0.25) is 9.59 Å². The number of primary amides is 1. The highest BCUT2D eigenvalue weighted by molar-refractivity contribution is 5.98. The molecule has 0 fully saturated rings. The van der Waals surface area contributed by atoms with E-state index < -0.39 is 47.8 Å². The van der Waals surface area contributed by atoms with E-state index in [0.717, 1.165) is 0 Å². The van der Waals surface area contributed by atoms with Crippen LogP contribution in [0.15, 0.2) is 48.5 Å². The summed E-state index contributed by atoms with van der Waals surface area (Å²) in [4.78, 5) is 61.8. The Kier molecular flexibility index (Phi) is 13.3. The van der Waals surface area contributed by atoms with E-state index in [2.05, 4.69) is 21.3 Å². The number of ether oxygens (including phenoxy) is 3. The Morgan fingerprint density at radius 3 is 2.09 bits per heavy atom. The van der Waals surface area contributed by atoms with Crippen LogP contribution in [-0.2, 0) is 25.7 Å². The first-order valence-electron chi connectivity index (χ1n) is 14.1. The van der Waals surface area contributed by atoms with E-state index in [9.17, 15) is 24.0 Å². The molecule has 0 saturated carbocycles. The Balaban J connectivity index is 2.02. The van der Waals surface area contributed by atoms with Crippen LogP contribution in [0.3, 0.4) is 0 Å². The molecule has 2 unspecified atom stereocenters. The quantitative estimate of drug-likeness (QED) is 0.0843. The van der Waals surface area contributed by atoms with E-state index in [4.69, 9.17) is 25.7 Å². The number of benzene rings is 2. The lowest BCUT2D eigenvalue weighted by Crippen LogP contribution is -2.55. The number of rotatable bonds is 13. The van der Waals surface area contributed by atoms with Crippen LogP contribution in [0, 0.1) is 5.92 Å². The molecule has 2 aromatic carbocycles. The summed E-state index contributed by atoms with van der Waals surface area (Å²) in [6, 6.07) is 10.1. The second-order valence-corrected chi connectivity index (χ2v) is 11.3. The first-order valence-corrected chi connectivity index (χ1v) is 14.1. The average molecular weight is 615 g/mol. The van der Waals surface area contributed by atoms with E-state index in [0.29, 0.717) is 23.4 Å². The van der Waals surface area contributed by atoms with E-state index in [1.807, 2.05) is 0 Å². The fraction of sp³-hybridized carbons (Fsp3) is 0.433. The molecule has 2 rings (SSSR count). The third-order valence-corrected chi connectivity index (χ3v) is 5.88. The number of carbonyl (C=O) groups is 5. The summed E-state index contributed by atoms with van der Waals surface area (Å²) in [6.07, 6.45) is -1.16. The number of hydrogen-bond acceptors (Lipinski definition) is 9. The van der Waals surface area contributed by atoms with Gasteiger partial charge in [-0.25, -0.2) is 14.4 Å². The maximum atomic E-state index is 13.2. The number of hydrogen-bond donors (Lipinski definition) is 6. The summed E-state index contributed by atoms with van der Waals surface area (Å²) in [7, 11) is 0. The topological polar surface area (TPSA) is 213 Å². The Hall–Kier alpha value is -5.01. The van der Waals surface area contributed by atoms with Gasteiger partial charge in [0, 0.05) is 17.9 Å². The lowest BCUT2D eigenvalue weighted by atomic mass is 10.0. The van der Waals surface area contributed by atoms with Gasteiger partial charge in [-0.1, -0.05) is 26.0 Å². The molecule has 14 nitrogen and oxygen atoms in total. The van der Waals surface area contributed by atoms with Crippen molar-refractivity contribution in [3.05, 3.63) is 54.1 Å². The van der Waals surface area contributed by atoms with Gasteiger partial charge in [0.15, 0.2) is 0 Å². The molecule has 240 valence electrons. The van der Waals surface area contributed by atoms with E-state index >= 15 is 0 Å². The fourth-order valence-electron chi connectivity index (χ4n) is 3.74. The predicted molar refractivity (Wildman–Crippen MR) is 163 cm³/mol. The molecule has 0 aliphatic heterocycles. The molecule has 0 spiro atoms. The van der Waals surface area contributed by atoms with Gasteiger partial charge in [-0.2, -0.15) is 0 Å². The number of anilines is 2. The number of alkyl carbamates (subject to hydrolysis) is 1. The Morgan fingerprint density at radius 1 is 0.886 bits per heavy atom. The molecule has 0 heterocycles. The molecular weight excluding hydrogens is 572 g/mol. The monoisotopic (exact) mass is 614 g/mol. The third-order valence-electron chi connectivity index (χ3n) is 5.88. The summed E-state index contributed by atoms with van der Waals surface area (Å²) >= 11 is 0. The highest BCUT2D eigenvalue weighted by Gasteiger charge is 2.30. The SMILES string of the molecule is CC(C)C(NC(=O)OC(C)(C)C)C(=O)NC(CCCNC(N)=O)C(=O)Nc1ccc(COC(=O)Oc2ccc(N)cc2)cc1. The first kappa shape index (κ1) is 35.2. The molecule has 0 aliphatic rings. The summed E-state index contributed by atoms with van der Waals surface area (Å²) < 4.78 is 15.5. The summed E-state index contributed by atoms with van der Waals surface area (Å²) in [6.45, 7) is 8.71. The number of urea groups is 1. The number of amides is 5. The maximum Gasteiger partial charge on any atom is 0.514 e. The maximum absolute atomic E-state index is 13.2. The Bertz CT molecular complexity index is 1280. The smallest absolute Gasteiger partial charge is 0.444 e. The van der Waals surface area contributed by atoms with Gasteiger partial charge >= 0.3 is 18.3 Å². The zero-order chi connectivity index (χ0) is 32.9. The van der Waals surface area contributed by atoms with Crippen molar-refractivity contribution in [2.45, 2.75) is 71.8 Å². The van der Waals surface area contributed by atoms with Gasteiger partial charge < -0.3 is 46.9 Å². The van der Waals surface area contributed by atoms with Crippen molar-refractivity contribution >= 4 is 41.5 Å². The van der Waals surface area contributed by atoms with Crippen LogP contribution >= 0.6 is 0 Å². The van der Waals surface area contributed by atoms with Crippen LogP contribution in [0.2, 0.25) is 0 Å². The van der Waals surface area contributed by atoms with Crippen molar-refractivity contribution in [2.75, 3.05) is 17.6 Å². The molecule has 5 amide bonds. The van der Waals surface area contributed by atoms with Crippen LogP contribution in [-0.4, -0.2) is 54.3 Å². The van der Waals surface area contributed by atoms with Crippen molar-refractivity contribution in [3.8, 4) is 5.75 Å². The number of nitrogens with two attached hydrogens (primary N) is 2. The zero-order valence-electron chi connectivity index (χ0n) is 25.6. The predicted octanol–water partition coefficient (Wildman–Crippen LogP) is 3.41. The van der Waals surface area contributed by atoms with Gasteiger partial charge in [-0.15, -0.1) is 0 Å². The zero-order valence-corrected chi connectivity index (χ0v) is 25.6. The lowest BCUT2D eigenvalue weighted by molar-refractivity contribution is -0.128. The van der Waals surface area contributed by atoms with Crippen LogP contribution in [0.1, 0.15) is 53.0 Å².